The van der Waals surface area contributed by atoms with E-state index in [2.05, 4.69) is 34.1 Å². The number of nitrogens with zero attached hydrogens (tertiary/aromatic N) is 2. The lowest BCUT2D eigenvalue weighted by Gasteiger charge is -2.47. The third-order valence-corrected chi connectivity index (χ3v) is 6.03. The molecule has 1 aromatic carbocycles. The van der Waals surface area contributed by atoms with Crippen molar-refractivity contribution in [3.63, 3.8) is 0 Å². The summed E-state index contributed by atoms with van der Waals surface area (Å²) in [6.45, 7) is 9.99. The van der Waals surface area contributed by atoms with Gasteiger partial charge in [-0.05, 0) is 43.4 Å². The monoisotopic (exact) mass is 360 g/mol. The molecule has 0 amide bonds. The van der Waals surface area contributed by atoms with Crippen LogP contribution in [0.25, 0.3) is 0 Å². The minimum Gasteiger partial charge on any atom is -0.494 e. The molecule has 0 aromatic heterocycles. The molecule has 1 spiro atoms. The smallest absolute Gasteiger partial charge is 0.119 e. The number of benzene rings is 1. The number of hydrogen-bond acceptors (Lipinski definition) is 5. The largest absolute Gasteiger partial charge is 0.494 e. The first-order valence-corrected chi connectivity index (χ1v) is 10.2. The standard InChI is InChI=1S/C21H32N2O3/c1-3-19(18-23-9-5-21(6-10-23)7-14-26-21)17-20(4-1)25-13-2-8-22-11-15-24-16-12-22/h1,3-4,17H,2,5-16,18H2. The molecule has 0 unspecified atom stereocenters. The summed E-state index contributed by atoms with van der Waals surface area (Å²) >= 11 is 0. The molecule has 0 aliphatic carbocycles. The van der Waals surface area contributed by atoms with Crippen LogP contribution in [0.15, 0.2) is 24.3 Å². The van der Waals surface area contributed by atoms with E-state index >= 15 is 0 Å². The van der Waals surface area contributed by atoms with Crippen LogP contribution in [0.2, 0.25) is 0 Å². The highest BCUT2D eigenvalue weighted by Crippen LogP contribution is 2.37. The molecule has 0 N–H and O–H groups in total. The summed E-state index contributed by atoms with van der Waals surface area (Å²) in [6, 6.07) is 8.61. The van der Waals surface area contributed by atoms with Crippen LogP contribution in [0.4, 0.5) is 0 Å². The number of morpholine rings is 1. The van der Waals surface area contributed by atoms with Gasteiger partial charge in [-0.3, -0.25) is 9.80 Å². The normalized spacial score (nSPS) is 23.7. The zero-order chi connectivity index (χ0) is 17.7. The highest BCUT2D eigenvalue weighted by Gasteiger charge is 2.40. The molecule has 3 aliphatic rings. The van der Waals surface area contributed by atoms with E-state index in [1.54, 1.807) is 0 Å². The van der Waals surface area contributed by atoms with E-state index < -0.39 is 0 Å². The highest BCUT2D eigenvalue weighted by molar-refractivity contribution is 5.28. The molecule has 26 heavy (non-hydrogen) atoms. The summed E-state index contributed by atoms with van der Waals surface area (Å²) < 4.78 is 17.2. The highest BCUT2D eigenvalue weighted by atomic mass is 16.5. The van der Waals surface area contributed by atoms with Gasteiger partial charge < -0.3 is 14.2 Å². The molecule has 3 aliphatic heterocycles. The van der Waals surface area contributed by atoms with Gasteiger partial charge in [-0.2, -0.15) is 0 Å². The summed E-state index contributed by atoms with van der Waals surface area (Å²) in [7, 11) is 0. The topological polar surface area (TPSA) is 34.2 Å². The van der Waals surface area contributed by atoms with E-state index in [9.17, 15) is 0 Å². The Morgan fingerprint density at radius 2 is 1.77 bits per heavy atom. The molecule has 5 nitrogen and oxygen atoms in total. The minimum absolute atomic E-state index is 0.238. The van der Waals surface area contributed by atoms with Gasteiger partial charge in [0, 0.05) is 39.3 Å². The van der Waals surface area contributed by atoms with Crippen molar-refractivity contribution in [3.8, 4) is 5.75 Å². The number of rotatable bonds is 7. The Kier molecular flexibility index (Phi) is 6.10. The van der Waals surface area contributed by atoms with Crippen LogP contribution in [0, 0.1) is 0 Å². The average Bonchev–Trinajstić information content (AvgIpc) is 2.66. The molecule has 3 fully saturated rings. The van der Waals surface area contributed by atoms with Crippen LogP contribution in [0.3, 0.4) is 0 Å². The summed E-state index contributed by atoms with van der Waals surface area (Å²) in [5.74, 6) is 1.00. The van der Waals surface area contributed by atoms with Gasteiger partial charge in [0.2, 0.25) is 0 Å². The molecule has 0 atom stereocenters. The Morgan fingerprint density at radius 3 is 2.50 bits per heavy atom. The average molecular weight is 360 g/mol. The summed E-state index contributed by atoms with van der Waals surface area (Å²) in [5.41, 5.74) is 1.59. The van der Waals surface area contributed by atoms with Crippen LogP contribution in [-0.2, 0) is 16.0 Å². The van der Waals surface area contributed by atoms with E-state index in [0.717, 1.165) is 77.9 Å². The van der Waals surface area contributed by atoms with Gasteiger partial charge in [0.25, 0.3) is 0 Å². The van der Waals surface area contributed by atoms with Crippen molar-refractivity contribution in [1.29, 1.82) is 0 Å². The summed E-state index contributed by atoms with van der Waals surface area (Å²) in [6.07, 6.45) is 4.70. The number of ether oxygens (including phenoxy) is 3. The Morgan fingerprint density at radius 1 is 0.962 bits per heavy atom. The molecule has 1 aromatic rings. The summed E-state index contributed by atoms with van der Waals surface area (Å²) in [4.78, 5) is 5.00. The van der Waals surface area contributed by atoms with Gasteiger partial charge in [-0.15, -0.1) is 0 Å². The second-order valence-electron chi connectivity index (χ2n) is 7.86. The maximum absolute atomic E-state index is 5.99. The van der Waals surface area contributed by atoms with Crippen LogP contribution >= 0.6 is 0 Å². The van der Waals surface area contributed by atoms with Crippen molar-refractivity contribution < 1.29 is 14.2 Å². The van der Waals surface area contributed by atoms with Crippen LogP contribution in [0.1, 0.15) is 31.2 Å². The Labute approximate surface area is 157 Å². The van der Waals surface area contributed by atoms with Gasteiger partial charge in [0.05, 0.1) is 32.0 Å². The Balaban J connectivity index is 1.18. The molecule has 144 valence electrons. The lowest BCUT2D eigenvalue weighted by atomic mass is 9.84. The second-order valence-corrected chi connectivity index (χ2v) is 7.86. The lowest BCUT2D eigenvalue weighted by molar-refractivity contribution is -0.173. The van der Waals surface area contributed by atoms with Gasteiger partial charge in [-0.1, -0.05) is 12.1 Å². The molecule has 0 radical (unpaired) electrons. The third kappa shape index (κ3) is 4.77. The quantitative estimate of drug-likeness (QED) is 0.698. The third-order valence-electron chi connectivity index (χ3n) is 6.03. The van der Waals surface area contributed by atoms with Crippen molar-refractivity contribution in [1.82, 2.24) is 9.80 Å². The first-order valence-electron chi connectivity index (χ1n) is 10.2. The van der Waals surface area contributed by atoms with Crippen molar-refractivity contribution in [2.75, 3.05) is 59.2 Å². The molecule has 3 heterocycles. The van der Waals surface area contributed by atoms with Crippen molar-refractivity contribution in [2.24, 2.45) is 0 Å². The van der Waals surface area contributed by atoms with Gasteiger partial charge in [-0.25, -0.2) is 0 Å². The van der Waals surface area contributed by atoms with E-state index in [1.165, 1.54) is 24.8 Å². The second kappa shape index (κ2) is 8.70. The molecule has 4 rings (SSSR count). The molecular formula is C21H32N2O3. The van der Waals surface area contributed by atoms with E-state index in [1.807, 2.05) is 0 Å². The predicted molar refractivity (Wildman–Crippen MR) is 102 cm³/mol. The first-order chi connectivity index (χ1) is 12.8. The van der Waals surface area contributed by atoms with Crippen LogP contribution < -0.4 is 4.74 Å². The van der Waals surface area contributed by atoms with Gasteiger partial charge >= 0.3 is 0 Å². The van der Waals surface area contributed by atoms with E-state index in [-0.39, 0.29) is 5.60 Å². The maximum atomic E-state index is 5.99. The van der Waals surface area contributed by atoms with Gasteiger partial charge in [0.1, 0.15) is 5.75 Å². The lowest BCUT2D eigenvalue weighted by Crippen LogP contribution is -2.52. The Hall–Kier alpha value is -1.14. The van der Waals surface area contributed by atoms with Crippen molar-refractivity contribution in [3.05, 3.63) is 29.8 Å². The summed E-state index contributed by atoms with van der Waals surface area (Å²) in [5, 5.41) is 0. The van der Waals surface area contributed by atoms with Crippen LogP contribution in [-0.4, -0.2) is 74.6 Å². The van der Waals surface area contributed by atoms with Gasteiger partial charge in [0.15, 0.2) is 0 Å². The molecule has 0 saturated carbocycles. The Bertz CT molecular complexity index is 560. The molecular weight excluding hydrogens is 328 g/mol. The fourth-order valence-electron chi connectivity index (χ4n) is 4.20. The minimum atomic E-state index is 0.238. The fourth-order valence-corrected chi connectivity index (χ4v) is 4.20. The van der Waals surface area contributed by atoms with Crippen LogP contribution in [0.5, 0.6) is 5.75 Å². The van der Waals surface area contributed by atoms with E-state index in [4.69, 9.17) is 14.2 Å². The fraction of sp³-hybridized carbons (Fsp3) is 0.714. The molecule has 3 saturated heterocycles. The number of piperidine rings is 1. The molecule has 0 bridgehead atoms. The van der Waals surface area contributed by atoms with Crippen molar-refractivity contribution >= 4 is 0 Å². The predicted octanol–water partition coefficient (Wildman–Crippen LogP) is 2.54. The number of likely N-dealkylation sites (tertiary alicyclic amines) is 1. The van der Waals surface area contributed by atoms with Crippen molar-refractivity contribution in [2.45, 2.75) is 37.8 Å². The SMILES string of the molecule is c1cc(CN2CCC3(CCO3)CC2)cc(OCCCN2CCOCC2)c1. The zero-order valence-corrected chi connectivity index (χ0v) is 15.8. The van der Waals surface area contributed by atoms with E-state index in [0.29, 0.717) is 0 Å². The maximum Gasteiger partial charge on any atom is 0.119 e. The zero-order valence-electron chi connectivity index (χ0n) is 15.8. The number of hydrogen-bond donors (Lipinski definition) is 0. The first kappa shape index (κ1) is 18.2. The molecule has 5 heteroatoms.